The van der Waals surface area contributed by atoms with E-state index in [1.807, 2.05) is 0 Å². The molecule has 0 N–H and O–H groups in total. The smallest absolute Gasteiger partial charge is 0.184 e. The van der Waals surface area contributed by atoms with Crippen molar-refractivity contribution in [3.63, 3.8) is 0 Å². The van der Waals surface area contributed by atoms with Crippen LogP contribution in [0.2, 0.25) is 0 Å². The first-order valence-electron chi connectivity index (χ1n) is 9.17. The standard InChI is InChI=1S/C18H34O2/c1-16-14-12-10-8-6-4-2-3-5-7-9-11-13-15-17-18(19-16)20-17/h16-18H,2-15H2,1H3. The summed E-state index contributed by atoms with van der Waals surface area (Å²) in [6, 6.07) is 0. The van der Waals surface area contributed by atoms with Crippen molar-refractivity contribution in [2.75, 3.05) is 0 Å². The second-order valence-corrected chi connectivity index (χ2v) is 6.81. The Labute approximate surface area is 125 Å². The van der Waals surface area contributed by atoms with Crippen LogP contribution in [0.25, 0.3) is 0 Å². The third-order valence-electron chi connectivity index (χ3n) is 4.75. The Morgan fingerprint density at radius 3 is 1.55 bits per heavy atom. The van der Waals surface area contributed by atoms with E-state index in [0.29, 0.717) is 12.2 Å². The normalized spacial score (nSPS) is 35.5. The van der Waals surface area contributed by atoms with Gasteiger partial charge in [-0.2, -0.15) is 0 Å². The van der Waals surface area contributed by atoms with Crippen molar-refractivity contribution < 1.29 is 9.47 Å². The monoisotopic (exact) mass is 282 g/mol. The summed E-state index contributed by atoms with van der Waals surface area (Å²) in [5.41, 5.74) is 0. The Bertz CT molecular complexity index is 242. The van der Waals surface area contributed by atoms with Gasteiger partial charge in [0.2, 0.25) is 0 Å². The fourth-order valence-electron chi connectivity index (χ4n) is 3.29. The maximum absolute atomic E-state index is 5.95. The van der Waals surface area contributed by atoms with Crippen LogP contribution >= 0.6 is 0 Å². The highest BCUT2D eigenvalue weighted by Gasteiger charge is 2.40. The first-order valence-corrected chi connectivity index (χ1v) is 9.17. The summed E-state index contributed by atoms with van der Waals surface area (Å²) in [6.07, 6.45) is 20.2. The van der Waals surface area contributed by atoms with E-state index in [0.717, 1.165) is 0 Å². The van der Waals surface area contributed by atoms with Crippen LogP contribution in [0, 0.1) is 0 Å². The van der Waals surface area contributed by atoms with Crippen LogP contribution in [0.5, 0.6) is 0 Å². The first-order chi connectivity index (χ1) is 9.86. The number of ether oxygens (including phenoxy) is 2. The molecule has 2 saturated heterocycles. The zero-order chi connectivity index (χ0) is 14.0. The van der Waals surface area contributed by atoms with E-state index in [1.165, 1.54) is 89.9 Å². The van der Waals surface area contributed by atoms with Gasteiger partial charge < -0.3 is 9.47 Å². The van der Waals surface area contributed by atoms with Gasteiger partial charge in [0.1, 0.15) is 6.10 Å². The highest BCUT2D eigenvalue weighted by atomic mass is 16.8. The third kappa shape index (κ3) is 7.08. The van der Waals surface area contributed by atoms with Gasteiger partial charge in [-0.3, -0.25) is 0 Å². The molecule has 0 aliphatic carbocycles. The molecule has 0 aromatic heterocycles. The van der Waals surface area contributed by atoms with Crippen LogP contribution < -0.4 is 0 Å². The molecule has 2 heterocycles. The van der Waals surface area contributed by atoms with Crippen molar-refractivity contribution in [3.8, 4) is 0 Å². The molecule has 20 heavy (non-hydrogen) atoms. The largest absolute Gasteiger partial charge is 0.347 e. The maximum Gasteiger partial charge on any atom is 0.184 e. The number of fused-ring (bicyclic) bond motifs is 1. The quantitative estimate of drug-likeness (QED) is 0.540. The highest BCUT2D eigenvalue weighted by molar-refractivity contribution is 4.77. The van der Waals surface area contributed by atoms with E-state index in [1.54, 1.807) is 0 Å². The molecule has 0 spiro atoms. The Morgan fingerprint density at radius 1 is 0.550 bits per heavy atom. The van der Waals surface area contributed by atoms with Crippen LogP contribution in [0.1, 0.15) is 96.8 Å². The number of hydrogen-bond acceptors (Lipinski definition) is 2. The fraction of sp³-hybridized carbons (Fsp3) is 1.00. The number of epoxide rings is 1. The molecule has 0 saturated carbocycles. The van der Waals surface area contributed by atoms with Gasteiger partial charge in [0, 0.05) is 0 Å². The van der Waals surface area contributed by atoms with Crippen molar-refractivity contribution in [2.45, 2.75) is 115 Å². The molecule has 2 aliphatic rings. The Kier molecular flexibility index (Phi) is 7.97. The first kappa shape index (κ1) is 16.3. The number of rotatable bonds is 0. The summed E-state index contributed by atoms with van der Waals surface area (Å²) in [5.74, 6) is 0. The van der Waals surface area contributed by atoms with Gasteiger partial charge in [0.25, 0.3) is 0 Å². The highest BCUT2D eigenvalue weighted by Crippen LogP contribution is 2.30. The summed E-state index contributed by atoms with van der Waals surface area (Å²) in [6.45, 7) is 2.21. The summed E-state index contributed by atoms with van der Waals surface area (Å²) in [4.78, 5) is 0. The van der Waals surface area contributed by atoms with Crippen LogP contribution in [-0.4, -0.2) is 18.5 Å². The van der Waals surface area contributed by atoms with E-state index in [-0.39, 0.29) is 6.29 Å². The Balaban J connectivity index is 1.61. The molecule has 0 aromatic carbocycles. The summed E-state index contributed by atoms with van der Waals surface area (Å²) in [7, 11) is 0. The van der Waals surface area contributed by atoms with E-state index in [2.05, 4.69) is 6.92 Å². The van der Waals surface area contributed by atoms with Crippen LogP contribution in [0.3, 0.4) is 0 Å². The van der Waals surface area contributed by atoms with Crippen molar-refractivity contribution in [1.29, 1.82) is 0 Å². The van der Waals surface area contributed by atoms with Crippen molar-refractivity contribution in [2.24, 2.45) is 0 Å². The van der Waals surface area contributed by atoms with E-state index < -0.39 is 0 Å². The average molecular weight is 282 g/mol. The van der Waals surface area contributed by atoms with Gasteiger partial charge in [0.05, 0.1) is 6.10 Å². The molecule has 0 aromatic rings. The lowest BCUT2D eigenvalue weighted by Crippen LogP contribution is -2.12. The summed E-state index contributed by atoms with van der Waals surface area (Å²) < 4.78 is 11.6. The minimum atomic E-state index is 0.129. The lowest BCUT2D eigenvalue weighted by molar-refractivity contribution is -0.00650. The molecule has 2 fully saturated rings. The zero-order valence-electron chi connectivity index (χ0n) is 13.4. The minimum absolute atomic E-state index is 0.129. The number of hydrogen-bond donors (Lipinski definition) is 0. The summed E-state index contributed by atoms with van der Waals surface area (Å²) >= 11 is 0. The maximum atomic E-state index is 5.95. The van der Waals surface area contributed by atoms with Gasteiger partial charge in [-0.25, -0.2) is 0 Å². The van der Waals surface area contributed by atoms with Crippen LogP contribution in [-0.2, 0) is 9.47 Å². The van der Waals surface area contributed by atoms with Gasteiger partial charge in [0.15, 0.2) is 6.29 Å². The van der Waals surface area contributed by atoms with Crippen LogP contribution in [0.15, 0.2) is 0 Å². The van der Waals surface area contributed by atoms with Gasteiger partial charge >= 0.3 is 0 Å². The molecule has 2 aliphatic heterocycles. The van der Waals surface area contributed by atoms with Crippen molar-refractivity contribution >= 4 is 0 Å². The lowest BCUT2D eigenvalue weighted by Gasteiger charge is -2.11. The van der Waals surface area contributed by atoms with Gasteiger partial charge in [-0.1, -0.05) is 77.0 Å². The molecule has 3 atom stereocenters. The predicted octanol–water partition coefficient (Wildman–Crippen LogP) is 5.59. The second-order valence-electron chi connectivity index (χ2n) is 6.81. The van der Waals surface area contributed by atoms with Gasteiger partial charge in [-0.15, -0.1) is 0 Å². The Hall–Kier alpha value is -0.0800. The minimum Gasteiger partial charge on any atom is -0.347 e. The topological polar surface area (TPSA) is 21.8 Å². The molecular formula is C18H34O2. The van der Waals surface area contributed by atoms with E-state index in [9.17, 15) is 0 Å². The molecule has 3 unspecified atom stereocenters. The molecule has 0 amide bonds. The molecule has 2 rings (SSSR count). The van der Waals surface area contributed by atoms with Gasteiger partial charge in [-0.05, 0) is 19.8 Å². The molecule has 2 heteroatoms. The van der Waals surface area contributed by atoms with E-state index in [4.69, 9.17) is 9.47 Å². The van der Waals surface area contributed by atoms with E-state index >= 15 is 0 Å². The molecule has 2 nitrogen and oxygen atoms in total. The molecule has 118 valence electrons. The fourth-order valence-corrected chi connectivity index (χ4v) is 3.29. The summed E-state index contributed by atoms with van der Waals surface area (Å²) in [5, 5.41) is 0. The lowest BCUT2D eigenvalue weighted by atomic mass is 10.0. The molecule has 0 radical (unpaired) electrons. The van der Waals surface area contributed by atoms with Crippen molar-refractivity contribution in [3.05, 3.63) is 0 Å². The van der Waals surface area contributed by atoms with Crippen molar-refractivity contribution in [1.82, 2.24) is 0 Å². The molecular weight excluding hydrogens is 248 g/mol. The second kappa shape index (κ2) is 9.78. The zero-order valence-corrected chi connectivity index (χ0v) is 13.4. The Morgan fingerprint density at radius 2 is 1.00 bits per heavy atom. The average Bonchev–Trinajstić information content (AvgIpc) is 3.16. The predicted molar refractivity (Wildman–Crippen MR) is 83.8 cm³/mol. The molecule has 0 bridgehead atoms. The third-order valence-corrected chi connectivity index (χ3v) is 4.75. The van der Waals surface area contributed by atoms with Crippen LogP contribution in [0.4, 0.5) is 0 Å². The SMILES string of the molecule is CC1CCCCCCCCCCCCCCC2OC2O1.